The van der Waals surface area contributed by atoms with Gasteiger partial charge in [-0.25, -0.2) is 0 Å². The van der Waals surface area contributed by atoms with E-state index in [9.17, 15) is 0 Å². The minimum absolute atomic E-state index is 0.0959. The minimum Gasteiger partial charge on any atom is -0.492 e. The number of benzene rings is 1. The molecule has 0 saturated carbocycles. The highest BCUT2D eigenvalue weighted by atomic mass is 16.5. The van der Waals surface area contributed by atoms with E-state index in [0.717, 1.165) is 30.9 Å². The molecular weight excluding hydrogens is 300 g/mol. The maximum absolute atomic E-state index is 5.86. The Bertz CT molecular complexity index is 572. The van der Waals surface area contributed by atoms with Gasteiger partial charge in [0.05, 0.1) is 12.7 Å². The van der Waals surface area contributed by atoms with Gasteiger partial charge in [-0.1, -0.05) is 39.3 Å². The highest BCUT2D eigenvalue weighted by Crippen LogP contribution is 2.40. The molecule has 2 rings (SSSR count). The lowest BCUT2D eigenvalue weighted by molar-refractivity contribution is 0.0584. The second-order valence-corrected chi connectivity index (χ2v) is 7.75. The molecule has 0 aliphatic carbocycles. The van der Waals surface area contributed by atoms with Gasteiger partial charge in [-0.15, -0.1) is 0 Å². The molecule has 0 bridgehead atoms. The average Bonchev–Trinajstić information content (AvgIpc) is 2.82. The lowest BCUT2D eigenvalue weighted by atomic mass is 9.87. The summed E-state index contributed by atoms with van der Waals surface area (Å²) >= 11 is 0. The minimum atomic E-state index is 0.0959. The van der Waals surface area contributed by atoms with Gasteiger partial charge in [0.25, 0.3) is 0 Å². The molecular formula is C21H32O3. The van der Waals surface area contributed by atoms with E-state index in [1.807, 2.05) is 12.1 Å². The second kappa shape index (κ2) is 8.06. The zero-order valence-electron chi connectivity index (χ0n) is 16.0. The Morgan fingerprint density at radius 2 is 2.08 bits per heavy atom. The predicted octanol–water partition coefficient (Wildman–Crippen LogP) is 5.13. The summed E-state index contributed by atoms with van der Waals surface area (Å²) in [6.07, 6.45) is 4.58. The molecule has 1 aromatic carbocycles. The normalized spacial score (nSPS) is 17.5. The summed E-state index contributed by atoms with van der Waals surface area (Å²) in [6, 6.07) is 6.17. The van der Waals surface area contributed by atoms with Crippen LogP contribution in [0.1, 0.15) is 53.0 Å². The Kier molecular flexibility index (Phi) is 6.34. The molecule has 0 aromatic heterocycles. The maximum atomic E-state index is 5.86. The first-order valence-corrected chi connectivity index (χ1v) is 8.92. The number of hydrogen-bond donors (Lipinski definition) is 0. The van der Waals surface area contributed by atoms with Gasteiger partial charge in [0, 0.05) is 24.2 Å². The zero-order chi connectivity index (χ0) is 17.7. The Labute approximate surface area is 147 Å². The summed E-state index contributed by atoms with van der Waals surface area (Å²) in [4.78, 5) is 0. The lowest BCUT2D eigenvalue weighted by Crippen LogP contribution is -2.18. The van der Waals surface area contributed by atoms with Crippen molar-refractivity contribution in [2.45, 2.75) is 59.0 Å². The molecule has 1 aliphatic rings. The number of methoxy groups -OCH3 is 1. The van der Waals surface area contributed by atoms with Gasteiger partial charge in [-0.3, -0.25) is 0 Å². The molecule has 0 amide bonds. The number of rotatable bonds is 8. The first-order valence-electron chi connectivity index (χ1n) is 8.92. The van der Waals surface area contributed by atoms with Crippen LogP contribution in [0.25, 0.3) is 0 Å². The van der Waals surface area contributed by atoms with Crippen LogP contribution in [0.15, 0.2) is 29.8 Å². The Morgan fingerprint density at radius 3 is 2.75 bits per heavy atom. The molecule has 0 spiro atoms. The third-order valence-electron chi connectivity index (χ3n) is 4.82. The SMILES string of the molecule is COC(CCC(C)=CCOc1ccc2c(c1)OCC2(C)C)C(C)C. The predicted molar refractivity (Wildman–Crippen MR) is 99.1 cm³/mol. The first-order chi connectivity index (χ1) is 11.3. The van der Waals surface area contributed by atoms with Gasteiger partial charge in [0.2, 0.25) is 0 Å². The zero-order valence-corrected chi connectivity index (χ0v) is 16.0. The maximum Gasteiger partial charge on any atom is 0.126 e. The molecule has 1 aromatic rings. The third-order valence-corrected chi connectivity index (χ3v) is 4.82. The Morgan fingerprint density at radius 1 is 1.33 bits per heavy atom. The molecule has 0 saturated heterocycles. The molecule has 1 heterocycles. The van der Waals surface area contributed by atoms with E-state index >= 15 is 0 Å². The molecule has 24 heavy (non-hydrogen) atoms. The highest BCUT2D eigenvalue weighted by molar-refractivity contribution is 5.47. The van der Waals surface area contributed by atoms with Crippen LogP contribution < -0.4 is 9.47 Å². The summed E-state index contributed by atoms with van der Waals surface area (Å²) in [5.74, 6) is 2.38. The molecule has 1 atom stereocenters. The fourth-order valence-corrected chi connectivity index (χ4v) is 3.08. The molecule has 3 heteroatoms. The number of allylic oxidation sites excluding steroid dienone is 1. The van der Waals surface area contributed by atoms with Gasteiger partial charge in [-0.05, 0) is 37.8 Å². The van der Waals surface area contributed by atoms with Crippen LogP contribution in [0.2, 0.25) is 0 Å². The standard InChI is InChI=1S/C21H32O3/c1-15(2)19(22-6)10-7-16(3)11-12-23-17-8-9-18-20(13-17)24-14-21(18,4)5/h8-9,11,13,15,19H,7,10,12,14H2,1-6H3. The fourth-order valence-electron chi connectivity index (χ4n) is 3.08. The van der Waals surface area contributed by atoms with Crippen LogP contribution in [-0.2, 0) is 10.2 Å². The smallest absolute Gasteiger partial charge is 0.126 e. The van der Waals surface area contributed by atoms with E-state index in [4.69, 9.17) is 14.2 Å². The monoisotopic (exact) mass is 332 g/mol. The molecule has 1 unspecified atom stereocenters. The largest absolute Gasteiger partial charge is 0.492 e. The van der Waals surface area contributed by atoms with Crippen LogP contribution in [0.3, 0.4) is 0 Å². The Balaban J connectivity index is 1.83. The highest BCUT2D eigenvalue weighted by Gasteiger charge is 2.31. The van der Waals surface area contributed by atoms with Crippen molar-refractivity contribution in [2.75, 3.05) is 20.3 Å². The van der Waals surface area contributed by atoms with Crippen LogP contribution in [0, 0.1) is 5.92 Å². The number of ether oxygens (including phenoxy) is 3. The van der Waals surface area contributed by atoms with Gasteiger partial charge in [0.15, 0.2) is 0 Å². The van der Waals surface area contributed by atoms with Crippen LogP contribution in [-0.4, -0.2) is 26.4 Å². The quantitative estimate of drug-likeness (QED) is 0.617. The molecule has 0 N–H and O–H groups in total. The van der Waals surface area contributed by atoms with Gasteiger partial charge >= 0.3 is 0 Å². The summed E-state index contributed by atoms with van der Waals surface area (Å²) in [5.41, 5.74) is 2.70. The second-order valence-electron chi connectivity index (χ2n) is 7.75. The average molecular weight is 332 g/mol. The number of hydrogen-bond acceptors (Lipinski definition) is 3. The number of fused-ring (bicyclic) bond motifs is 1. The molecule has 134 valence electrons. The first kappa shape index (κ1) is 18.9. The van der Waals surface area contributed by atoms with Crippen molar-refractivity contribution in [1.82, 2.24) is 0 Å². The van der Waals surface area contributed by atoms with E-state index in [0.29, 0.717) is 18.6 Å². The summed E-state index contributed by atoms with van der Waals surface area (Å²) in [5, 5.41) is 0. The van der Waals surface area contributed by atoms with E-state index in [2.05, 4.69) is 46.8 Å². The lowest BCUT2D eigenvalue weighted by Gasteiger charge is -2.19. The molecule has 3 nitrogen and oxygen atoms in total. The van der Waals surface area contributed by atoms with Crippen LogP contribution in [0.4, 0.5) is 0 Å². The fraction of sp³-hybridized carbons (Fsp3) is 0.619. The van der Waals surface area contributed by atoms with Gasteiger partial charge in [0.1, 0.15) is 18.1 Å². The van der Waals surface area contributed by atoms with Gasteiger partial charge in [-0.2, -0.15) is 0 Å². The van der Waals surface area contributed by atoms with Crippen molar-refractivity contribution in [3.8, 4) is 11.5 Å². The van der Waals surface area contributed by atoms with Gasteiger partial charge < -0.3 is 14.2 Å². The van der Waals surface area contributed by atoms with E-state index in [1.54, 1.807) is 7.11 Å². The van der Waals surface area contributed by atoms with Crippen molar-refractivity contribution < 1.29 is 14.2 Å². The summed E-state index contributed by atoms with van der Waals surface area (Å²) in [6.45, 7) is 12.3. The summed E-state index contributed by atoms with van der Waals surface area (Å²) < 4.78 is 17.2. The van der Waals surface area contributed by atoms with Crippen molar-refractivity contribution in [1.29, 1.82) is 0 Å². The van der Waals surface area contributed by atoms with Crippen LogP contribution >= 0.6 is 0 Å². The summed E-state index contributed by atoms with van der Waals surface area (Å²) in [7, 11) is 1.80. The molecule has 0 radical (unpaired) electrons. The molecule has 1 aliphatic heterocycles. The van der Waals surface area contributed by atoms with Crippen molar-refractivity contribution in [3.63, 3.8) is 0 Å². The van der Waals surface area contributed by atoms with E-state index in [-0.39, 0.29) is 5.41 Å². The van der Waals surface area contributed by atoms with Crippen molar-refractivity contribution in [3.05, 3.63) is 35.4 Å². The van der Waals surface area contributed by atoms with E-state index in [1.165, 1.54) is 11.1 Å². The topological polar surface area (TPSA) is 27.7 Å². The third kappa shape index (κ3) is 4.76. The van der Waals surface area contributed by atoms with E-state index < -0.39 is 0 Å². The Hall–Kier alpha value is -1.48. The van der Waals surface area contributed by atoms with Crippen molar-refractivity contribution >= 4 is 0 Å². The molecule has 0 fully saturated rings. The van der Waals surface area contributed by atoms with Crippen LogP contribution in [0.5, 0.6) is 11.5 Å². The van der Waals surface area contributed by atoms with Crippen molar-refractivity contribution in [2.24, 2.45) is 5.92 Å².